The summed E-state index contributed by atoms with van der Waals surface area (Å²) in [5, 5.41) is 11.4. The highest BCUT2D eigenvalue weighted by Crippen LogP contribution is 2.51. The third kappa shape index (κ3) is 3.25. The van der Waals surface area contributed by atoms with Gasteiger partial charge in [0.1, 0.15) is 5.75 Å². The van der Waals surface area contributed by atoms with E-state index in [4.69, 9.17) is 9.15 Å². The number of benzene rings is 1. The third-order valence-corrected chi connectivity index (χ3v) is 6.10. The van der Waals surface area contributed by atoms with E-state index in [1.165, 1.54) is 6.26 Å². The van der Waals surface area contributed by atoms with Crippen molar-refractivity contribution in [2.45, 2.75) is 50.7 Å². The van der Waals surface area contributed by atoms with E-state index in [9.17, 15) is 9.90 Å². The number of piperidine rings is 1. The van der Waals surface area contributed by atoms with Crippen molar-refractivity contribution in [1.29, 1.82) is 0 Å². The van der Waals surface area contributed by atoms with Gasteiger partial charge in [0.05, 0.1) is 24.5 Å². The molecule has 0 bridgehead atoms. The molecule has 1 aliphatic heterocycles. The first kappa shape index (κ1) is 18.1. The first-order valence-corrected chi connectivity index (χ1v) is 9.92. The van der Waals surface area contributed by atoms with E-state index in [-0.39, 0.29) is 17.9 Å². The molecule has 1 aromatic heterocycles. The smallest absolute Gasteiger partial charge is 0.290 e. The lowest BCUT2D eigenvalue weighted by molar-refractivity contribution is -0.115. The maximum Gasteiger partial charge on any atom is 0.290 e. The van der Waals surface area contributed by atoms with Crippen LogP contribution in [0.25, 0.3) is 0 Å². The summed E-state index contributed by atoms with van der Waals surface area (Å²) in [5.74, 6) is 1.01. The zero-order valence-corrected chi connectivity index (χ0v) is 15.8. The van der Waals surface area contributed by atoms with Crippen molar-refractivity contribution in [3.63, 3.8) is 0 Å². The molecule has 0 unspecified atom stereocenters. The van der Waals surface area contributed by atoms with Gasteiger partial charge < -0.3 is 19.2 Å². The Morgan fingerprint density at radius 2 is 2.11 bits per heavy atom. The van der Waals surface area contributed by atoms with Crippen molar-refractivity contribution in [1.82, 2.24) is 4.90 Å². The van der Waals surface area contributed by atoms with Crippen molar-refractivity contribution in [2.24, 2.45) is 5.92 Å². The zero-order valence-electron chi connectivity index (χ0n) is 15.8. The van der Waals surface area contributed by atoms with Gasteiger partial charge in [-0.25, -0.2) is 0 Å². The lowest BCUT2D eigenvalue weighted by Crippen LogP contribution is -2.56. The second kappa shape index (κ2) is 7.39. The van der Waals surface area contributed by atoms with Crippen molar-refractivity contribution < 1.29 is 19.1 Å². The van der Waals surface area contributed by atoms with Gasteiger partial charge in [-0.2, -0.15) is 0 Å². The number of carbonyl (C=O) groups is 1. The zero-order chi connectivity index (χ0) is 18.9. The Bertz CT molecular complexity index is 787. The Kier molecular flexibility index (Phi) is 4.96. The number of ether oxygens (including phenoxy) is 1. The summed E-state index contributed by atoms with van der Waals surface area (Å²) in [7, 11) is 0. The molecule has 4 rings (SSSR count). The fourth-order valence-corrected chi connectivity index (χ4v) is 4.85. The van der Waals surface area contributed by atoms with Gasteiger partial charge >= 0.3 is 0 Å². The molecule has 0 radical (unpaired) electrons. The van der Waals surface area contributed by atoms with Crippen LogP contribution in [-0.4, -0.2) is 34.7 Å². The summed E-state index contributed by atoms with van der Waals surface area (Å²) in [5.41, 5.74) is 0.256. The van der Waals surface area contributed by atoms with Gasteiger partial charge in [0.2, 0.25) is 0 Å². The molecule has 144 valence electrons. The van der Waals surface area contributed by atoms with E-state index in [0.29, 0.717) is 25.3 Å². The van der Waals surface area contributed by atoms with Crippen LogP contribution in [0.2, 0.25) is 0 Å². The second-order valence-electron chi connectivity index (χ2n) is 7.60. The maximum atomic E-state index is 13.2. The molecule has 3 atom stereocenters. The summed E-state index contributed by atoms with van der Waals surface area (Å²) in [6.45, 7) is 3.03. The molecule has 2 heterocycles. The van der Waals surface area contributed by atoms with Crippen LogP contribution in [-0.2, 0) is 0 Å². The summed E-state index contributed by atoms with van der Waals surface area (Å²) in [6.07, 6.45) is 5.95. The van der Waals surface area contributed by atoms with Crippen molar-refractivity contribution in [3.8, 4) is 5.75 Å². The number of carbonyl (C=O) groups excluding carboxylic acids is 1. The number of aliphatic hydroxyl groups is 1. The Morgan fingerprint density at radius 1 is 1.26 bits per heavy atom. The lowest BCUT2D eigenvalue weighted by atomic mass is 9.66. The summed E-state index contributed by atoms with van der Waals surface area (Å²) in [4.78, 5) is 15.1. The van der Waals surface area contributed by atoms with Gasteiger partial charge in [-0.1, -0.05) is 31.0 Å². The minimum Gasteiger partial charge on any atom is -0.494 e. The number of rotatable bonds is 4. The first-order valence-electron chi connectivity index (χ1n) is 9.92. The topological polar surface area (TPSA) is 62.9 Å². The Morgan fingerprint density at radius 3 is 2.89 bits per heavy atom. The molecule has 1 aromatic carbocycles. The van der Waals surface area contributed by atoms with E-state index >= 15 is 0 Å². The van der Waals surface area contributed by atoms with Gasteiger partial charge in [0.15, 0.2) is 5.76 Å². The highest BCUT2D eigenvalue weighted by atomic mass is 16.5. The van der Waals surface area contributed by atoms with Crippen LogP contribution < -0.4 is 4.74 Å². The van der Waals surface area contributed by atoms with Crippen LogP contribution in [0.5, 0.6) is 5.75 Å². The number of likely N-dealkylation sites (tertiary alicyclic amines) is 1. The predicted molar refractivity (Wildman–Crippen MR) is 102 cm³/mol. The Labute approximate surface area is 159 Å². The lowest BCUT2D eigenvalue weighted by Gasteiger charge is -2.52. The molecule has 27 heavy (non-hydrogen) atoms. The highest BCUT2D eigenvalue weighted by Gasteiger charge is 2.51. The number of para-hydroxylation sites is 1. The molecule has 2 fully saturated rings. The van der Waals surface area contributed by atoms with Gasteiger partial charge in [-0.3, -0.25) is 4.79 Å². The molecular weight excluding hydrogens is 342 g/mol. The van der Waals surface area contributed by atoms with Crippen LogP contribution in [0.4, 0.5) is 0 Å². The van der Waals surface area contributed by atoms with E-state index in [1.54, 1.807) is 12.1 Å². The quantitative estimate of drug-likeness (QED) is 0.878. The maximum absolute atomic E-state index is 13.2. The number of nitrogens with zero attached hydrogens (tertiary/aromatic N) is 1. The normalized spacial score (nSPS) is 27.9. The molecule has 2 aliphatic rings. The van der Waals surface area contributed by atoms with Crippen molar-refractivity contribution >= 4 is 5.91 Å². The summed E-state index contributed by atoms with van der Waals surface area (Å²) >= 11 is 0. The van der Waals surface area contributed by atoms with E-state index < -0.39 is 5.60 Å². The summed E-state index contributed by atoms with van der Waals surface area (Å²) < 4.78 is 11.3. The molecule has 0 spiro atoms. The van der Waals surface area contributed by atoms with E-state index in [1.807, 2.05) is 36.1 Å². The average molecular weight is 369 g/mol. The molecule has 5 nitrogen and oxygen atoms in total. The van der Waals surface area contributed by atoms with E-state index in [2.05, 4.69) is 0 Å². The fraction of sp³-hybridized carbons (Fsp3) is 0.500. The largest absolute Gasteiger partial charge is 0.494 e. The molecule has 1 aliphatic carbocycles. The van der Waals surface area contributed by atoms with Crippen molar-refractivity contribution in [2.75, 3.05) is 13.2 Å². The molecule has 2 aromatic rings. The number of hydrogen-bond acceptors (Lipinski definition) is 4. The minimum atomic E-state index is -0.720. The number of hydrogen-bond donors (Lipinski definition) is 1. The fourth-order valence-electron chi connectivity index (χ4n) is 4.85. The third-order valence-electron chi connectivity index (χ3n) is 6.10. The van der Waals surface area contributed by atoms with E-state index in [0.717, 1.165) is 37.0 Å². The van der Waals surface area contributed by atoms with Gasteiger partial charge in [0, 0.05) is 18.0 Å². The van der Waals surface area contributed by atoms with Crippen LogP contribution in [0.15, 0.2) is 47.1 Å². The standard InChI is InChI=1S/C22H27NO4/c1-2-26-18-10-4-3-8-16(18)20-17-9-5-6-12-22(17,25)13-14-23(20)21(24)19-11-7-15-27-19/h3-4,7-8,10-11,15,17,20,25H,2,5-6,9,12-14H2,1H3/t17-,20-,22+/m1/s1. The monoisotopic (exact) mass is 369 g/mol. The Balaban J connectivity index is 1.78. The van der Waals surface area contributed by atoms with Crippen LogP contribution >= 0.6 is 0 Å². The average Bonchev–Trinajstić information content (AvgIpc) is 3.22. The molecule has 1 saturated heterocycles. The van der Waals surface area contributed by atoms with Crippen molar-refractivity contribution in [3.05, 3.63) is 54.0 Å². The SMILES string of the molecule is CCOc1ccccc1[C@@H]1[C@H]2CCCC[C@]2(O)CCN1C(=O)c1ccco1. The van der Waals surface area contributed by atoms with Crippen LogP contribution in [0, 0.1) is 5.92 Å². The minimum absolute atomic E-state index is 0.000480. The summed E-state index contributed by atoms with van der Waals surface area (Å²) in [6, 6.07) is 11.1. The predicted octanol–water partition coefficient (Wildman–Crippen LogP) is 4.19. The highest BCUT2D eigenvalue weighted by molar-refractivity contribution is 5.92. The van der Waals surface area contributed by atoms with Gasteiger partial charge in [-0.15, -0.1) is 0 Å². The van der Waals surface area contributed by atoms with Gasteiger partial charge in [-0.05, 0) is 44.4 Å². The molecule has 1 N–H and O–H groups in total. The molecular formula is C22H27NO4. The number of amides is 1. The Hall–Kier alpha value is -2.27. The number of furan rings is 1. The van der Waals surface area contributed by atoms with Crippen LogP contribution in [0.1, 0.15) is 61.2 Å². The molecule has 1 amide bonds. The second-order valence-corrected chi connectivity index (χ2v) is 7.60. The molecule has 5 heteroatoms. The molecule has 1 saturated carbocycles. The number of fused-ring (bicyclic) bond motifs is 1. The van der Waals surface area contributed by atoms with Crippen LogP contribution in [0.3, 0.4) is 0 Å². The van der Waals surface area contributed by atoms with Gasteiger partial charge in [0.25, 0.3) is 5.91 Å². The first-order chi connectivity index (χ1) is 13.1.